The monoisotopic (exact) mass is 650 g/mol. The van der Waals surface area contributed by atoms with Crippen LogP contribution in [0.4, 0.5) is 0 Å². The Morgan fingerprint density at radius 3 is 1.26 bits per heavy atom. The minimum absolute atomic E-state index is 0.254. The highest BCUT2D eigenvalue weighted by atomic mass is 35.5. The highest BCUT2D eigenvalue weighted by Gasteiger charge is 2.24. The summed E-state index contributed by atoms with van der Waals surface area (Å²) in [5, 5.41) is 7.84. The van der Waals surface area contributed by atoms with E-state index in [9.17, 15) is 9.59 Å². The average molecular weight is 652 g/mol. The van der Waals surface area contributed by atoms with Crippen LogP contribution in [0.3, 0.4) is 0 Å². The lowest BCUT2D eigenvalue weighted by atomic mass is 9.85. The van der Waals surface area contributed by atoms with Crippen molar-refractivity contribution in [2.24, 2.45) is 0 Å². The van der Waals surface area contributed by atoms with Crippen LogP contribution in [0, 0.1) is 0 Å². The normalized spacial score (nSPS) is 11.5. The van der Waals surface area contributed by atoms with E-state index < -0.39 is 0 Å². The number of hydrogen-bond acceptors (Lipinski definition) is 4. The van der Waals surface area contributed by atoms with Gasteiger partial charge in [-0.2, -0.15) is 0 Å². The number of carbonyl (C=O) groups excluding carboxylic acids is 2. The fraction of sp³-hybridized carbons (Fsp3) is 0.250. The molecule has 234 valence electrons. The van der Waals surface area contributed by atoms with E-state index in [2.05, 4.69) is 13.8 Å². The molecule has 0 bridgehead atoms. The molecule has 0 saturated heterocycles. The van der Waals surface area contributed by atoms with Crippen LogP contribution in [0.5, 0.6) is 11.5 Å². The summed E-state index contributed by atoms with van der Waals surface area (Å²) in [5.41, 5.74) is 1.87. The van der Waals surface area contributed by atoms with Gasteiger partial charge in [-0.25, -0.2) is 0 Å². The molecule has 6 rings (SSSR count). The van der Waals surface area contributed by atoms with Gasteiger partial charge in [0.15, 0.2) is 0 Å². The van der Waals surface area contributed by atoms with Gasteiger partial charge in [-0.3, -0.25) is 9.59 Å². The topological polar surface area (TPSA) is 52.6 Å². The van der Waals surface area contributed by atoms with Crippen LogP contribution < -0.4 is 9.47 Å². The van der Waals surface area contributed by atoms with E-state index in [0.29, 0.717) is 34.4 Å². The van der Waals surface area contributed by atoms with Gasteiger partial charge in [0.05, 0.1) is 0 Å². The van der Waals surface area contributed by atoms with Gasteiger partial charge >= 0.3 is 11.9 Å². The Morgan fingerprint density at radius 2 is 0.870 bits per heavy atom. The first kappa shape index (κ1) is 31.8. The summed E-state index contributed by atoms with van der Waals surface area (Å²) < 4.78 is 12.3. The molecular formula is C40H36Cl2O4. The molecule has 0 radical (unpaired) electrons. The fourth-order valence-corrected chi connectivity index (χ4v) is 6.69. The lowest BCUT2D eigenvalue weighted by Crippen LogP contribution is -2.09. The van der Waals surface area contributed by atoms with Gasteiger partial charge in [0.1, 0.15) is 11.5 Å². The molecule has 6 aromatic rings. The van der Waals surface area contributed by atoms with Gasteiger partial charge in [-0.1, -0.05) is 111 Å². The number of halogens is 2. The van der Waals surface area contributed by atoms with Crippen molar-refractivity contribution in [1.29, 1.82) is 0 Å². The quantitative estimate of drug-likeness (QED) is 0.0605. The second kappa shape index (κ2) is 14.1. The molecule has 0 aromatic heterocycles. The zero-order chi connectivity index (χ0) is 32.2. The molecule has 0 fully saturated rings. The number of hydrogen-bond donors (Lipinski definition) is 0. The Hall–Kier alpha value is -4.12. The Kier molecular flexibility index (Phi) is 9.77. The van der Waals surface area contributed by atoms with Crippen molar-refractivity contribution < 1.29 is 19.1 Å². The molecule has 0 aliphatic heterocycles. The number of fused-ring (bicyclic) bond motifs is 4. The van der Waals surface area contributed by atoms with Crippen LogP contribution in [0.15, 0.2) is 84.9 Å². The molecule has 4 nitrogen and oxygen atoms in total. The number of unbranched alkanes of at least 4 members (excludes halogenated alkanes) is 4. The third-order valence-electron chi connectivity index (χ3n) is 8.52. The van der Waals surface area contributed by atoms with Crippen LogP contribution >= 0.6 is 23.2 Å². The first-order valence-electron chi connectivity index (χ1n) is 16.1. The van der Waals surface area contributed by atoms with Gasteiger partial charge in [-0.05, 0) is 81.9 Å². The third kappa shape index (κ3) is 6.29. The standard InChI is InChI=1S/C40H36Cl2O4/c1-3-5-7-17-35(43)45-39-29-15-11-9-13-27(29)37(33-23-25(41)19-21-31(33)39)38-28-14-10-12-16-30(28)40(46-36(44)18-8-6-4-2)32-22-20-26(42)24-34(32)38/h9-16,19-24H,3-8,17-18H2,1-2H3. The van der Waals surface area contributed by atoms with E-state index >= 15 is 0 Å². The molecule has 0 aliphatic carbocycles. The van der Waals surface area contributed by atoms with Crippen molar-refractivity contribution >= 4 is 78.2 Å². The van der Waals surface area contributed by atoms with Crippen molar-refractivity contribution in [3.63, 3.8) is 0 Å². The van der Waals surface area contributed by atoms with Gasteiger partial charge < -0.3 is 9.47 Å². The maximum Gasteiger partial charge on any atom is 0.311 e. The first-order chi connectivity index (χ1) is 22.4. The summed E-state index contributed by atoms with van der Waals surface area (Å²) in [6.07, 6.45) is 6.25. The van der Waals surface area contributed by atoms with E-state index in [4.69, 9.17) is 32.7 Å². The molecule has 0 heterocycles. The maximum atomic E-state index is 13.1. The van der Waals surface area contributed by atoms with Crippen LogP contribution in [-0.4, -0.2) is 11.9 Å². The number of benzene rings is 6. The van der Waals surface area contributed by atoms with Gasteiger partial charge in [0, 0.05) is 44.4 Å². The lowest BCUT2D eigenvalue weighted by molar-refractivity contribution is -0.135. The number of carbonyl (C=O) groups is 2. The van der Waals surface area contributed by atoms with E-state index in [0.717, 1.165) is 92.7 Å². The summed E-state index contributed by atoms with van der Waals surface area (Å²) in [4.78, 5) is 26.2. The number of rotatable bonds is 11. The summed E-state index contributed by atoms with van der Waals surface area (Å²) in [5.74, 6) is 0.541. The summed E-state index contributed by atoms with van der Waals surface area (Å²) >= 11 is 13.4. The molecular weight excluding hydrogens is 615 g/mol. The van der Waals surface area contributed by atoms with Gasteiger partial charge in [0.2, 0.25) is 0 Å². The highest BCUT2D eigenvalue weighted by molar-refractivity contribution is 6.34. The number of ether oxygens (including phenoxy) is 2. The molecule has 6 heteroatoms. The van der Waals surface area contributed by atoms with E-state index in [1.54, 1.807) is 0 Å². The van der Waals surface area contributed by atoms with Crippen molar-refractivity contribution in [2.45, 2.75) is 65.2 Å². The van der Waals surface area contributed by atoms with Crippen molar-refractivity contribution in [2.75, 3.05) is 0 Å². The van der Waals surface area contributed by atoms with Crippen molar-refractivity contribution in [3.05, 3.63) is 95.0 Å². The number of esters is 2. The molecule has 0 spiro atoms. The average Bonchev–Trinajstić information content (AvgIpc) is 3.05. The SMILES string of the molecule is CCCCCC(=O)Oc1c2ccccc2c(-c2c3ccccc3c(OC(=O)CCCCC)c3ccc(Cl)cc23)c2cc(Cl)ccc12. The molecule has 0 saturated carbocycles. The zero-order valence-corrected chi connectivity index (χ0v) is 27.6. The molecule has 46 heavy (non-hydrogen) atoms. The smallest absolute Gasteiger partial charge is 0.311 e. The molecule has 0 unspecified atom stereocenters. The van der Waals surface area contributed by atoms with Gasteiger partial charge in [0.25, 0.3) is 0 Å². The fourth-order valence-electron chi connectivity index (χ4n) is 6.35. The Labute approximate surface area is 279 Å². The molecule has 0 N–H and O–H groups in total. The first-order valence-corrected chi connectivity index (χ1v) is 16.9. The second-order valence-corrected chi connectivity index (χ2v) is 12.6. The lowest BCUT2D eigenvalue weighted by Gasteiger charge is -2.21. The van der Waals surface area contributed by atoms with E-state index in [1.165, 1.54) is 0 Å². The highest BCUT2D eigenvalue weighted by Crippen LogP contribution is 2.50. The van der Waals surface area contributed by atoms with Crippen LogP contribution in [-0.2, 0) is 9.59 Å². The largest absolute Gasteiger partial charge is 0.425 e. The third-order valence-corrected chi connectivity index (χ3v) is 8.99. The molecule has 0 aliphatic rings. The van der Waals surface area contributed by atoms with Gasteiger partial charge in [-0.15, -0.1) is 0 Å². The Balaban J connectivity index is 1.67. The Bertz CT molecular complexity index is 1950. The van der Waals surface area contributed by atoms with E-state index in [1.807, 2.05) is 84.9 Å². The zero-order valence-electron chi connectivity index (χ0n) is 26.1. The minimum Gasteiger partial charge on any atom is -0.425 e. The van der Waals surface area contributed by atoms with Crippen LogP contribution in [0.2, 0.25) is 10.0 Å². The maximum absolute atomic E-state index is 13.1. The van der Waals surface area contributed by atoms with E-state index in [-0.39, 0.29) is 11.9 Å². The molecule has 0 amide bonds. The second-order valence-electron chi connectivity index (χ2n) is 11.7. The molecule has 6 aromatic carbocycles. The van der Waals surface area contributed by atoms with Crippen LogP contribution in [0.25, 0.3) is 54.2 Å². The van der Waals surface area contributed by atoms with Crippen molar-refractivity contribution in [3.8, 4) is 22.6 Å². The minimum atomic E-state index is -0.254. The predicted molar refractivity (Wildman–Crippen MR) is 191 cm³/mol. The summed E-state index contributed by atoms with van der Waals surface area (Å²) in [7, 11) is 0. The molecule has 0 atom stereocenters. The summed E-state index contributed by atoms with van der Waals surface area (Å²) in [6.45, 7) is 4.22. The van der Waals surface area contributed by atoms with Crippen molar-refractivity contribution in [1.82, 2.24) is 0 Å². The predicted octanol–water partition coefficient (Wildman–Crippen LogP) is 12.2. The van der Waals surface area contributed by atoms with Crippen LogP contribution in [0.1, 0.15) is 65.2 Å². The summed E-state index contributed by atoms with van der Waals surface area (Å²) in [6, 6.07) is 27.3. The Morgan fingerprint density at radius 1 is 0.500 bits per heavy atom.